The number of carbonyl (C=O) groups is 2. The van der Waals surface area contributed by atoms with Crippen LogP contribution in [0, 0.1) is 5.92 Å². The Bertz CT molecular complexity index is 445. The van der Waals surface area contributed by atoms with E-state index in [9.17, 15) is 14.5 Å². The first kappa shape index (κ1) is 20.3. The zero-order chi connectivity index (χ0) is 17.0. The van der Waals surface area contributed by atoms with Crippen molar-refractivity contribution >= 4 is 20.1 Å². The van der Waals surface area contributed by atoms with E-state index in [0.29, 0.717) is 0 Å². The van der Waals surface area contributed by atoms with Crippen LogP contribution in [-0.2, 0) is 9.59 Å². The summed E-state index contributed by atoms with van der Waals surface area (Å²) in [5.74, 6) is -2.93. The molecule has 0 aromatic carbocycles. The van der Waals surface area contributed by atoms with Gasteiger partial charge in [0.05, 0.1) is 12.2 Å². The smallest absolute Gasteiger partial charge is 0.306 e. The molecule has 124 valence electrons. The van der Waals surface area contributed by atoms with Gasteiger partial charge in [0.1, 0.15) is 0 Å². The lowest BCUT2D eigenvalue weighted by Gasteiger charge is -2.17. The van der Waals surface area contributed by atoms with Crippen molar-refractivity contribution in [2.75, 3.05) is 12.4 Å². The van der Waals surface area contributed by atoms with Crippen LogP contribution in [0.3, 0.4) is 0 Å². The molecular formula is C15H24NO5P. The van der Waals surface area contributed by atoms with Crippen LogP contribution >= 0.6 is 8.15 Å². The number of hydrogen-bond acceptors (Lipinski definition) is 4. The molecule has 7 heteroatoms. The van der Waals surface area contributed by atoms with E-state index in [2.05, 4.69) is 5.32 Å². The first-order valence-corrected chi connectivity index (χ1v) is 8.65. The minimum absolute atomic E-state index is 0.0295. The maximum Gasteiger partial charge on any atom is 0.306 e. The van der Waals surface area contributed by atoms with Gasteiger partial charge in [0, 0.05) is 26.4 Å². The minimum Gasteiger partial charge on any atom is -0.481 e. The SMILES string of the molecule is C\C=C/C=C\C(=C/C)NCP(O)CC(CCC(=O)O)C(=O)O. The molecule has 0 spiro atoms. The van der Waals surface area contributed by atoms with Crippen molar-refractivity contribution in [3.63, 3.8) is 0 Å². The van der Waals surface area contributed by atoms with Crippen LogP contribution in [0.25, 0.3) is 0 Å². The molecule has 4 N–H and O–H groups in total. The van der Waals surface area contributed by atoms with Crippen LogP contribution in [0.4, 0.5) is 0 Å². The first-order chi connectivity index (χ1) is 10.4. The third kappa shape index (κ3) is 10.1. The second-order valence-electron chi connectivity index (χ2n) is 4.62. The van der Waals surface area contributed by atoms with Crippen LogP contribution in [0.5, 0.6) is 0 Å². The van der Waals surface area contributed by atoms with E-state index in [-0.39, 0.29) is 25.3 Å². The highest BCUT2D eigenvalue weighted by atomic mass is 31.1. The van der Waals surface area contributed by atoms with Gasteiger partial charge in [-0.05, 0) is 26.3 Å². The lowest BCUT2D eigenvalue weighted by atomic mass is 10.1. The number of aliphatic carboxylic acids is 2. The van der Waals surface area contributed by atoms with E-state index in [1.54, 1.807) is 0 Å². The molecule has 2 atom stereocenters. The predicted molar refractivity (Wildman–Crippen MR) is 87.7 cm³/mol. The largest absolute Gasteiger partial charge is 0.481 e. The van der Waals surface area contributed by atoms with Crippen molar-refractivity contribution in [1.82, 2.24) is 5.32 Å². The number of hydrogen-bond donors (Lipinski definition) is 4. The third-order valence-corrected chi connectivity index (χ3v) is 4.23. The summed E-state index contributed by atoms with van der Waals surface area (Å²) in [6, 6.07) is 0. The molecule has 0 saturated heterocycles. The van der Waals surface area contributed by atoms with Crippen LogP contribution in [-0.4, -0.2) is 39.5 Å². The van der Waals surface area contributed by atoms with Gasteiger partial charge in [-0.3, -0.25) is 9.59 Å². The van der Waals surface area contributed by atoms with E-state index < -0.39 is 26.0 Å². The summed E-state index contributed by atoms with van der Waals surface area (Å²) in [4.78, 5) is 31.6. The number of rotatable bonds is 11. The summed E-state index contributed by atoms with van der Waals surface area (Å²) in [5, 5.41) is 20.7. The second kappa shape index (κ2) is 12.0. The van der Waals surface area contributed by atoms with Crippen LogP contribution in [0.15, 0.2) is 36.1 Å². The topological polar surface area (TPSA) is 107 Å². The lowest BCUT2D eigenvalue weighted by Crippen LogP contribution is -2.21. The molecule has 0 aliphatic carbocycles. The molecule has 0 radical (unpaired) electrons. The van der Waals surface area contributed by atoms with Crippen molar-refractivity contribution < 1.29 is 24.7 Å². The molecule has 0 rings (SSSR count). The molecule has 0 aliphatic heterocycles. The summed E-state index contributed by atoms with van der Waals surface area (Å²) < 4.78 is 0. The molecular weight excluding hydrogens is 305 g/mol. The Morgan fingerprint density at radius 2 is 1.91 bits per heavy atom. The summed E-state index contributed by atoms with van der Waals surface area (Å²) in [5.41, 5.74) is 0.831. The fourth-order valence-electron chi connectivity index (χ4n) is 1.62. The highest BCUT2D eigenvalue weighted by molar-refractivity contribution is 7.51. The van der Waals surface area contributed by atoms with Crippen LogP contribution < -0.4 is 5.32 Å². The lowest BCUT2D eigenvalue weighted by molar-refractivity contribution is -0.142. The third-order valence-electron chi connectivity index (χ3n) is 2.84. The molecule has 0 aliphatic rings. The molecule has 6 nitrogen and oxygen atoms in total. The van der Waals surface area contributed by atoms with E-state index >= 15 is 0 Å². The Morgan fingerprint density at radius 1 is 1.23 bits per heavy atom. The van der Waals surface area contributed by atoms with Crippen molar-refractivity contribution in [2.45, 2.75) is 26.7 Å². The molecule has 22 heavy (non-hydrogen) atoms. The molecule has 0 aromatic heterocycles. The molecule has 0 amide bonds. The van der Waals surface area contributed by atoms with E-state index in [1.165, 1.54) is 0 Å². The number of allylic oxidation sites excluding steroid dienone is 5. The van der Waals surface area contributed by atoms with Gasteiger partial charge >= 0.3 is 11.9 Å². The molecule has 0 aromatic rings. The Hall–Kier alpha value is -1.65. The van der Waals surface area contributed by atoms with Gasteiger partial charge in [0.15, 0.2) is 0 Å². The van der Waals surface area contributed by atoms with E-state index in [4.69, 9.17) is 10.2 Å². The van der Waals surface area contributed by atoms with Crippen LogP contribution in [0.1, 0.15) is 26.7 Å². The first-order valence-electron chi connectivity index (χ1n) is 6.98. The highest BCUT2D eigenvalue weighted by Crippen LogP contribution is 2.33. The highest BCUT2D eigenvalue weighted by Gasteiger charge is 2.22. The van der Waals surface area contributed by atoms with Crippen LogP contribution in [0.2, 0.25) is 0 Å². The standard InChI is InChI=1S/C15H24NO5P/c1-3-5-6-7-13(4-2)16-11-22(21)10-12(15(19)20)8-9-14(17)18/h3-7,12,16,21H,8-11H2,1-2H3,(H,17,18)(H,19,20)/b5-3-,7-6-,13-4+. The van der Waals surface area contributed by atoms with E-state index in [1.807, 2.05) is 44.2 Å². The minimum atomic E-state index is -1.52. The fraction of sp³-hybridized carbons (Fsp3) is 0.467. The summed E-state index contributed by atoms with van der Waals surface area (Å²) in [6.07, 6.45) is 9.50. The van der Waals surface area contributed by atoms with Gasteiger partial charge in [-0.25, -0.2) is 0 Å². The monoisotopic (exact) mass is 329 g/mol. The van der Waals surface area contributed by atoms with Crippen molar-refractivity contribution in [3.8, 4) is 0 Å². The number of carboxylic acids is 2. The molecule has 0 fully saturated rings. The maximum absolute atomic E-state index is 11.1. The molecule has 0 bridgehead atoms. The Kier molecular flexibility index (Phi) is 11.1. The van der Waals surface area contributed by atoms with Gasteiger partial charge in [0.25, 0.3) is 0 Å². The average Bonchev–Trinajstić information content (AvgIpc) is 2.46. The normalized spacial score (nSPS) is 15.1. The van der Waals surface area contributed by atoms with E-state index in [0.717, 1.165) is 5.70 Å². The average molecular weight is 329 g/mol. The Morgan fingerprint density at radius 3 is 2.41 bits per heavy atom. The summed E-state index contributed by atoms with van der Waals surface area (Å²) >= 11 is 0. The number of carboxylic acid groups (broad SMARTS) is 2. The summed E-state index contributed by atoms with van der Waals surface area (Å²) in [7, 11) is -1.52. The van der Waals surface area contributed by atoms with Crippen molar-refractivity contribution in [2.24, 2.45) is 5.92 Å². The Balaban J connectivity index is 4.36. The van der Waals surface area contributed by atoms with Gasteiger partial charge < -0.3 is 20.4 Å². The van der Waals surface area contributed by atoms with Gasteiger partial charge in [0.2, 0.25) is 0 Å². The van der Waals surface area contributed by atoms with Gasteiger partial charge in [-0.15, -0.1) is 0 Å². The van der Waals surface area contributed by atoms with Gasteiger partial charge in [-0.1, -0.05) is 24.3 Å². The number of nitrogens with one attached hydrogen (secondary N) is 1. The summed E-state index contributed by atoms with van der Waals surface area (Å²) in [6.45, 7) is 3.76. The molecule has 2 unspecified atom stereocenters. The fourth-order valence-corrected chi connectivity index (χ4v) is 2.96. The molecule has 0 heterocycles. The Labute approximate surface area is 132 Å². The second-order valence-corrected chi connectivity index (χ2v) is 6.31. The zero-order valence-electron chi connectivity index (χ0n) is 12.9. The van der Waals surface area contributed by atoms with Crippen molar-refractivity contribution in [3.05, 3.63) is 36.1 Å². The molecule has 0 saturated carbocycles. The quantitative estimate of drug-likeness (QED) is 0.343. The van der Waals surface area contributed by atoms with Crippen molar-refractivity contribution in [1.29, 1.82) is 0 Å². The van der Waals surface area contributed by atoms with Gasteiger partial charge in [-0.2, -0.15) is 0 Å². The maximum atomic E-state index is 11.1. The predicted octanol–water partition coefficient (Wildman–Crippen LogP) is 2.52. The zero-order valence-corrected chi connectivity index (χ0v) is 13.8.